The fourth-order valence-electron chi connectivity index (χ4n) is 5.77. The summed E-state index contributed by atoms with van der Waals surface area (Å²) in [7, 11) is 0. The Hall–Kier alpha value is -0.590. The van der Waals surface area contributed by atoms with Crippen molar-refractivity contribution in [1.29, 1.82) is 0 Å². The van der Waals surface area contributed by atoms with Gasteiger partial charge in [0.15, 0.2) is 0 Å². The van der Waals surface area contributed by atoms with Gasteiger partial charge in [0.1, 0.15) is 5.78 Å². The Morgan fingerprint density at radius 2 is 0.744 bits per heavy atom. The van der Waals surface area contributed by atoms with Crippen molar-refractivity contribution in [2.75, 3.05) is 0 Å². The molecule has 0 atom stereocenters. The van der Waals surface area contributed by atoms with Gasteiger partial charge in [-0.3, -0.25) is 4.79 Å². The average Bonchev–Trinajstić information content (AvgIpc) is 2.92. The minimum Gasteiger partial charge on any atom is -0.299 e. The average molecular weight is 547 g/mol. The third-order valence-corrected chi connectivity index (χ3v) is 8.83. The van der Waals surface area contributed by atoms with Crippen LogP contribution in [0.25, 0.3) is 0 Å². The van der Waals surface area contributed by atoms with Gasteiger partial charge in [0.05, 0.1) is 0 Å². The molecule has 0 aliphatic carbocycles. The lowest BCUT2D eigenvalue weighted by molar-refractivity contribution is -0.127. The first kappa shape index (κ1) is 38.4. The van der Waals surface area contributed by atoms with Crippen molar-refractivity contribution < 1.29 is 4.79 Å². The number of hydrogen-bond acceptors (Lipinski definition) is 1. The summed E-state index contributed by atoms with van der Waals surface area (Å²) in [5.41, 5.74) is -0.114. The van der Waals surface area contributed by atoms with Gasteiger partial charge in [0.2, 0.25) is 0 Å². The van der Waals surface area contributed by atoms with Crippen molar-refractivity contribution in [2.24, 2.45) is 5.41 Å². The Morgan fingerprint density at radius 3 is 1.13 bits per heavy atom. The van der Waals surface area contributed by atoms with E-state index in [-0.39, 0.29) is 5.41 Å². The normalized spacial score (nSPS) is 12.1. The molecule has 232 valence electrons. The van der Waals surface area contributed by atoms with Crippen molar-refractivity contribution in [1.82, 2.24) is 0 Å². The molecule has 0 radical (unpaired) electrons. The summed E-state index contributed by atoms with van der Waals surface area (Å²) in [4.78, 5) is 12.8. The second-order valence-electron chi connectivity index (χ2n) is 13.3. The third kappa shape index (κ3) is 28.7. The number of Topliss-reactive ketones (excluding diaryl/α,β-unsaturated/α-hetero) is 1. The number of ketones is 1. The molecule has 1 heteroatoms. The molecule has 0 unspecified atom stereocenters. The first-order valence-electron chi connectivity index (χ1n) is 18.2. The van der Waals surface area contributed by atoms with Crippen molar-refractivity contribution in [3.05, 3.63) is 12.2 Å². The standard InChI is InChI=1S/C38H74O/c1-5-7-9-11-13-15-17-19-21-23-25-27-29-31-33-35-37(39)38(3,4)36-34-32-30-28-26-24-22-20-18-16-14-12-10-8-6-2/h19,21H,5-18,20,22-36H2,1-4H3/b21-19-. The van der Waals surface area contributed by atoms with E-state index in [1.807, 2.05) is 0 Å². The van der Waals surface area contributed by atoms with Crippen molar-refractivity contribution in [2.45, 2.75) is 220 Å². The second kappa shape index (κ2) is 30.4. The molecule has 0 saturated heterocycles. The van der Waals surface area contributed by atoms with E-state index in [1.165, 1.54) is 173 Å². The molecule has 39 heavy (non-hydrogen) atoms. The lowest BCUT2D eigenvalue weighted by Crippen LogP contribution is -2.24. The van der Waals surface area contributed by atoms with Crippen LogP contribution in [0.5, 0.6) is 0 Å². The number of allylic oxidation sites excluding steroid dienone is 2. The molecule has 1 nitrogen and oxygen atoms in total. The van der Waals surface area contributed by atoms with Crippen LogP contribution >= 0.6 is 0 Å². The summed E-state index contributed by atoms with van der Waals surface area (Å²) in [6.45, 7) is 8.96. The minimum absolute atomic E-state index is 0.114. The van der Waals surface area contributed by atoms with Crippen molar-refractivity contribution >= 4 is 5.78 Å². The van der Waals surface area contributed by atoms with Gasteiger partial charge in [-0.15, -0.1) is 0 Å². The van der Waals surface area contributed by atoms with Crippen LogP contribution in [0.2, 0.25) is 0 Å². The number of carbonyl (C=O) groups excluding carboxylic acids is 1. The Morgan fingerprint density at radius 1 is 0.436 bits per heavy atom. The molecule has 0 aromatic rings. The lowest BCUT2D eigenvalue weighted by Gasteiger charge is -2.23. The molecular formula is C38H74O. The highest BCUT2D eigenvalue weighted by Gasteiger charge is 2.25. The number of unbranched alkanes of at least 4 members (excludes halogenated alkanes) is 25. The molecular weight excluding hydrogens is 472 g/mol. The van der Waals surface area contributed by atoms with Gasteiger partial charge >= 0.3 is 0 Å². The van der Waals surface area contributed by atoms with E-state index in [1.54, 1.807) is 0 Å². The summed E-state index contributed by atoms with van der Waals surface area (Å²) in [6.07, 6.45) is 44.8. The fourth-order valence-corrected chi connectivity index (χ4v) is 5.77. The molecule has 0 amide bonds. The van der Waals surface area contributed by atoms with Gasteiger partial charge in [0.25, 0.3) is 0 Å². The van der Waals surface area contributed by atoms with Crippen LogP contribution in [0, 0.1) is 5.41 Å². The van der Waals surface area contributed by atoms with Gasteiger partial charge in [0, 0.05) is 11.8 Å². The van der Waals surface area contributed by atoms with E-state index < -0.39 is 0 Å². The van der Waals surface area contributed by atoms with Gasteiger partial charge in [-0.25, -0.2) is 0 Å². The Kier molecular flexibility index (Phi) is 29.9. The molecule has 0 N–H and O–H groups in total. The summed E-state index contributed by atoms with van der Waals surface area (Å²) in [5.74, 6) is 0.505. The van der Waals surface area contributed by atoms with Gasteiger partial charge in [-0.1, -0.05) is 188 Å². The van der Waals surface area contributed by atoms with Crippen molar-refractivity contribution in [3.63, 3.8) is 0 Å². The van der Waals surface area contributed by atoms with E-state index in [2.05, 4.69) is 39.8 Å². The third-order valence-electron chi connectivity index (χ3n) is 8.83. The van der Waals surface area contributed by atoms with Gasteiger partial charge in [-0.2, -0.15) is 0 Å². The number of rotatable bonds is 32. The smallest absolute Gasteiger partial charge is 0.138 e. The Balaban J connectivity index is 3.46. The first-order chi connectivity index (χ1) is 19.0. The topological polar surface area (TPSA) is 17.1 Å². The van der Waals surface area contributed by atoms with E-state index in [0.29, 0.717) is 5.78 Å². The van der Waals surface area contributed by atoms with Crippen LogP contribution in [0.15, 0.2) is 12.2 Å². The predicted molar refractivity (Wildman–Crippen MR) is 178 cm³/mol. The van der Waals surface area contributed by atoms with E-state index in [9.17, 15) is 4.79 Å². The monoisotopic (exact) mass is 547 g/mol. The summed E-state index contributed by atoms with van der Waals surface area (Å²) in [5, 5.41) is 0. The van der Waals surface area contributed by atoms with Crippen LogP contribution in [-0.4, -0.2) is 5.78 Å². The zero-order valence-corrected chi connectivity index (χ0v) is 27.8. The summed E-state index contributed by atoms with van der Waals surface area (Å²) < 4.78 is 0. The maximum Gasteiger partial charge on any atom is 0.138 e. The molecule has 0 fully saturated rings. The highest BCUT2D eigenvalue weighted by atomic mass is 16.1. The number of carbonyl (C=O) groups is 1. The molecule has 0 heterocycles. The molecule has 0 aromatic heterocycles. The van der Waals surface area contributed by atoms with Crippen LogP contribution in [-0.2, 0) is 4.79 Å². The maximum absolute atomic E-state index is 12.8. The molecule has 0 spiro atoms. The van der Waals surface area contributed by atoms with Gasteiger partial charge in [-0.05, 0) is 38.5 Å². The summed E-state index contributed by atoms with van der Waals surface area (Å²) in [6, 6.07) is 0. The number of hydrogen-bond donors (Lipinski definition) is 0. The van der Waals surface area contributed by atoms with Crippen LogP contribution in [0.3, 0.4) is 0 Å². The fraction of sp³-hybridized carbons (Fsp3) is 0.921. The zero-order valence-electron chi connectivity index (χ0n) is 27.8. The molecule has 0 aliphatic heterocycles. The SMILES string of the molecule is CCCCCCCC/C=C\CCCCCCCC(=O)C(C)(C)CCCCCCCCCCCCCCCCC. The highest BCUT2D eigenvalue weighted by Crippen LogP contribution is 2.28. The predicted octanol–water partition coefficient (Wildman–Crippen LogP) is 13.9. The Labute approximate surface area is 248 Å². The van der Waals surface area contributed by atoms with Crippen LogP contribution in [0.4, 0.5) is 0 Å². The quantitative estimate of drug-likeness (QED) is 0.0605. The van der Waals surface area contributed by atoms with E-state index in [0.717, 1.165) is 19.3 Å². The van der Waals surface area contributed by atoms with Crippen molar-refractivity contribution in [3.8, 4) is 0 Å². The van der Waals surface area contributed by atoms with Gasteiger partial charge < -0.3 is 0 Å². The van der Waals surface area contributed by atoms with Crippen LogP contribution in [0.1, 0.15) is 220 Å². The zero-order chi connectivity index (χ0) is 28.7. The largest absolute Gasteiger partial charge is 0.299 e. The highest BCUT2D eigenvalue weighted by molar-refractivity contribution is 5.83. The first-order valence-corrected chi connectivity index (χ1v) is 18.2. The summed E-state index contributed by atoms with van der Waals surface area (Å²) >= 11 is 0. The van der Waals surface area contributed by atoms with E-state index >= 15 is 0 Å². The maximum atomic E-state index is 12.8. The molecule has 0 saturated carbocycles. The molecule has 0 rings (SSSR count). The minimum atomic E-state index is -0.114. The van der Waals surface area contributed by atoms with E-state index in [4.69, 9.17) is 0 Å². The molecule has 0 aliphatic rings. The molecule has 0 bridgehead atoms. The Bertz CT molecular complexity index is 517. The van der Waals surface area contributed by atoms with Crippen LogP contribution < -0.4 is 0 Å². The molecule has 0 aromatic carbocycles. The second-order valence-corrected chi connectivity index (χ2v) is 13.3. The lowest BCUT2D eigenvalue weighted by atomic mass is 9.80.